The van der Waals surface area contributed by atoms with Crippen molar-refractivity contribution in [1.82, 2.24) is 19.9 Å². The van der Waals surface area contributed by atoms with E-state index in [1.807, 2.05) is 25.1 Å². The molecule has 1 saturated heterocycles. The van der Waals surface area contributed by atoms with E-state index in [1.54, 1.807) is 17.3 Å². The number of hydrogen-bond donors (Lipinski definition) is 2. The summed E-state index contributed by atoms with van der Waals surface area (Å²) in [6, 6.07) is 5.15. The third-order valence-corrected chi connectivity index (χ3v) is 3.99. The fourth-order valence-corrected chi connectivity index (χ4v) is 2.87. The van der Waals surface area contributed by atoms with E-state index in [0.29, 0.717) is 24.2 Å². The lowest BCUT2D eigenvalue weighted by molar-refractivity contribution is 0.0767. The molecule has 1 aliphatic rings. The van der Waals surface area contributed by atoms with Crippen molar-refractivity contribution >= 4 is 11.7 Å². The van der Waals surface area contributed by atoms with Crippen LogP contribution in [0.1, 0.15) is 28.8 Å². The Kier molecular flexibility index (Phi) is 3.96. The first-order valence-corrected chi connectivity index (χ1v) is 7.37. The Morgan fingerprint density at radius 1 is 1.39 bits per heavy atom. The van der Waals surface area contributed by atoms with Crippen LogP contribution >= 0.6 is 0 Å². The van der Waals surface area contributed by atoms with E-state index in [-0.39, 0.29) is 17.8 Å². The first-order valence-electron chi connectivity index (χ1n) is 7.37. The molecule has 1 aromatic carbocycles. The number of amidine groups is 1. The van der Waals surface area contributed by atoms with E-state index in [2.05, 4.69) is 15.4 Å². The zero-order valence-corrected chi connectivity index (χ0v) is 12.8. The Bertz CT molecular complexity index is 740. The predicted octanol–water partition coefficient (Wildman–Crippen LogP) is 0.927. The first kappa shape index (κ1) is 15.0. The lowest BCUT2D eigenvalue weighted by Crippen LogP contribution is -2.44. The minimum absolute atomic E-state index is 0.0577. The van der Waals surface area contributed by atoms with Crippen LogP contribution in [0.4, 0.5) is 0 Å². The molecule has 0 unspecified atom stereocenters. The van der Waals surface area contributed by atoms with Gasteiger partial charge in [0.25, 0.3) is 5.91 Å². The molecule has 1 aliphatic heterocycles. The van der Waals surface area contributed by atoms with E-state index in [9.17, 15) is 4.79 Å². The van der Waals surface area contributed by atoms with Crippen LogP contribution in [0, 0.1) is 6.92 Å². The Balaban J connectivity index is 2.01. The van der Waals surface area contributed by atoms with Crippen LogP contribution in [0.5, 0.6) is 0 Å². The highest BCUT2D eigenvalue weighted by molar-refractivity contribution is 6.01. The van der Waals surface area contributed by atoms with Gasteiger partial charge in [0.2, 0.25) is 0 Å². The lowest BCUT2D eigenvalue weighted by Gasteiger charge is -2.24. The summed E-state index contributed by atoms with van der Waals surface area (Å²) >= 11 is 0. The van der Waals surface area contributed by atoms with Gasteiger partial charge in [-0.25, -0.2) is 0 Å². The molecule has 1 atom stereocenters. The number of carbonyl (C=O) groups is 1. The summed E-state index contributed by atoms with van der Waals surface area (Å²) in [5, 5.41) is 20.2. The molecule has 1 aromatic heterocycles. The van der Waals surface area contributed by atoms with Crippen LogP contribution in [0.15, 0.2) is 35.7 Å². The van der Waals surface area contributed by atoms with Crippen molar-refractivity contribution in [2.45, 2.75) is 25.8 Å². The molecular formula is C15H18N6O2. The minimum atomic E-state index is -0.383. The lowest BCUT2D eigenvalue weighted by atomic mass is 10.1. The van der Waals surface area contributed by atoms with Gasteiger partial charge in [0.05, 0.1) is 29.7 Å². The van der Waals surface area contributed by atoms with Crippen LogP contribution in [0.25, 0.3) is 5.69 Å². The van der Waals surface area contributed by atoms with Crippen molar-refractivity contribution in [3.05, 3.63) is 41.7 Å². The van der Waals surface area contributed by atoms with Crippen LogP contribution < -0.4 is 5.73 Å². The van der Waals surface area contributed by atoms with E-state index >= 15 is 0 Å². The van der Waals surface area contributed by atoms with Gasteiger partial charge >= 0.3 is 0 Å². The minimum Gasteiger partial charge on any atom is -0.409 e. The summed E-state index contributed by atoms with van der Waals surface area (Å²) in [6.07, 6.45) is 4.61. The summed E-state index contributed by atoms with van der Waals surface area (Å²) in [5.74, 6) is -0.114. The van der Waals surface area contributed by atoms with Gasteiger partial charge in [-0.1, -0.05) is 16.8 Å². The monoisotopic (exact) mass is 314 g/mol. The molecule has 1 amide bonds. The Hall–Kier alpha value is -2.90. The van der Waals surface area contributed by atoms with Gasteiger partial charge in [0.15, 0.2) is 5.84 Å². The molecule has 0 aliphatic carbocycles. The second-order valence-corrected chi connectivity index (χ2v) is 5.52. The van der Waals surface area contributed by atoms with Crippen LogP contribution in [0.2, 0.25) is 0 Å². The summed E-state index contributed by atoms with van der Waals surface area (Å²) in [5.41, 5.74) is 7.79. The topological polar surface area (TPSA) is 110 Å². The highest BCUT2D eigenvalue weighted by Gasteiger charge is 2.33. The maximum atomic E-state index is 13.0. The van der Waals surface area contributed by atoms with Crippen molar-refractivity contribution in [1.29, 1.82) is 0 Å². The number of aromatic nitrogens is 3. The zero-order chi connectivity index (χ0) is 16.4. The van der Waals surface area contributed by atoms with Gasteiger partial charge in [0.1, 0.15) is 0 Å². The largest absolute Gasteiger partial charge is 0.409 e. The molecular weight excluding hydrogens is 296 g/mol. The number of benzene rings is 1. The Morgan fingerprint density at radius 2 is 2.13 bits per heavy atom. The van der Waals surface area contributed by atoms with Gasteiger partial charge < -0.3 is 15.8 Å². The molecule has 0 radical (unpaired) electrons. The predicted molar refractivity (Wildman–Crippen MR) is 83.6 cm³/mol. The van der Waals surface area contributed by atoms with Crippen LogP contribution in [-0.2, 0) is 0 Å². The number of hydrogen-bond acceptors (Lipinski definition) is 5. The Labute approximate surface area is 133 Å². The van der Waals surface area contributed by atoms with E-state index in [0.717, 1.165) is 12.0 Å². The van der Waals surface area contributed by atoms with Gasteiger partial charge in [-0.05, 0) is 31.9 Å². The zero-order valence-electron chi connectivity index (χ0n) is 12.8. The van der Waals surface area contributed by atoms with Crippen molar-refractivity contribution in [2.75, 3.05) is 6.54 Å². The first-order chi connectivity index (χ1) is 11.1. The SMILES string of the molecule is Cc1ccc(-n2nccn2)c(C(=O)N2CCC[C@H]2C(N)=NO)c1. The van der Waals surface area contributed by atoms with Gasteiger partial charge in [-0.2, -0.15) is 15.0 Å². The molecule has 3 N–H and O–H groups in total. The molecule has 1 fully saturated rings. The Morgan fingerprint density at radius 3 is 2.83 bits per heavy atom. The van der Waals surface area contributed by atoms with Crippen molar-refractivity contribution in [3.63, 3.8) is 0 Å². The highest BCUT2D eigenvalue weighted by atomic mass is 16.4. The van der Waals surface area contributed by atoms with Crippen molar-refractivity contribution in [3.8, 4) is 5.69 Å². The number of aryl methyl sites for hydroxylation is 1. The molecule has 0 spiro atoms. The van der Waals surface area contributed by atoms with E-state index < -0.39 is 0 Å². The van der Waals surface area contributed by atoms with Gasteiger partial charge in [-0.15, -0.1) is 0 Å². The summed E-state index contributed by atoms with van der Waals surface area (Å²) in [7, 11) is 0. The quantitative estimate of drug-likeness (QED) is 0.379. The van der Waals surface area contributed by atoms with Crippen LogP contribution in [0.3, 0.4) is 0 Å². The molecule has 8 nitrogen and oxygen atoms in total. The third kappa shape index (κ3) is 2.75. The number of rotatable bonds is 3. The smallest absolute Gasteiger partial charge is 0.256 e. The number of nitrogens with zero attached hydrogens (tertiary/aromatic N) is 5. The van der Waals surface area contributed by atoms with E-state index in [4.69, 9.17) is 10.9 Å². The van der Waals surface area contributed by atoms with Crippen LogP contribution in [-0.4, -0.2) is 49.4 Å². The number of amides is 1. The maximum absolute atomic E-state index is 13.0. The molecule has 2 heterocycles. The normalized spacial score (nSPS) is 18.4. The fraction of sp³-hybridized carbons (Fsp3) is 0.333. The molecule has 23 heavy (non-hydrogen) atoms. The molecule has 120 valence electrons. The number of carbonyl (C=O) groups excluding carboxylic acids is 1. The molecule has 3 rings (SSSR count). The van der Waals surface area contributed by atoms with Gasteiger partial charge in [-0.3, -0.25) is 4.79 Å². The second kappa shape index (κ2) is 6.07. The third-order valence-electron chi connectivity index (χ3n) is 3.99. The summed E-state index contributed by atoms with van der Waals surface area (Å²) < 4.78 is 0. The average molecular weight is 314 g/mol. The highest BCUT2D eigenvalue weighted by Crippen LogP contribution is 2.24. The summed E-state index contributed by atoms with van der Waals surface area (Å²) in [6.45, 7) is 2.49. The number of oxime groups is 1. The second-order valence-electron chi connectivity index (χ2n) is 5.52. The molecule has 2 aromatic rings. The summed E-state index contributed by atoms with van der Waals surface area (Å²) in [4.78, 5) is 16.1. The molecule has 8 heteroatoms. The maximum Gasteiger partial charge on any atom is 0.256 e. The average Bonchev–Trinajstić information content (AvgIpc) is 3.24. The van der Waals surface area contributed by atoms with Crippen molar-refractivity contribution < 1.29 is 10.0 Å². The fourth-order valence-electron chi connectivity index (χ4n) is 2.87. The van der Waals surface area contributed by atoms with Crippen molar-refractivity contribution in [2.24, 2.45) is 10.9 Å². The molecule has 0 bridgehead atoms. The standard InChI is InChI=1S/C15H18N6O2/c1-10-4-5-12(21-17-6-7-18-21)11(9-10)15(22)20-8-2-3-13(20)14(16)19-23/h4-7,9,13,23H,2-3,8H2,1H3,(H2,16,19)/t13-/m0/s1. The number of nitrogens with two attached hydrogens (primary N) is 1. The van der Waals surface area contributed by atoms with Gasteiger partial charge in [0, 0.05) is 6.54 Å². The van der Waals surface area contributed by atoms with E-state index in [1.165, 1.54) is 4.80 Å². The number of likely N-dealkylation sites (tertiary alicyclic amines) is 1. The molecule has 0 saturated carbocycles.